The topological polar surface area (TPSA) is 124 Å². The number of nitrogens with one attached hydrogen (secondary N) is 1. The van der Waals surface area contributed by atoms with Gasteiger partial charge in [-0.25, -0.2) is 19.9 Å². The van der Waals surface area contributed by atoms with Gasteiger partial charge in [-0.15, -0.1) is 22.7 Å². The van der Waals surface area contributed by atoms with Crippen LogP contribution >= 0.6 is 22.7 Å². The minimum absolute atomic E-state index is 0.0271. The Balaban J connectivity index is 1.51. The molecule has 0 aliphatic heterocycles. The third-order valence-electron chi connectivity index (χ3n) is 3.92. The summed E-state index contributed by atoms with van der Waals surface area (Å²) in [5.41, 5.74) is 1.99. The SMILES string of the molecule is Cc1ccc(-c2csc(NC(=O)c3csc(-c4ncccn4)n3)n2)cc1[N+](=O)[O-]. The van der Waals surface area contributed by atoms with Crippen LogP contribution in [0.4, 0.5) is 10.8 Å². The number of aromatic nitrogens is 4. The van der Waals surface area contributed by atoms with Crippen LogP contribution in [0.5, 0.6) is 0 Å². The fourth-order valence-electron chi connectivity index (χ4n) is 2.48. The second-order valence-corrected chi connectivity index (χ2v) is 7.58. The molecule has 9 nitrogen and oxygen atoms in total. The van der Waals surface area contributed by atoms with E-state index in [1.165, 1.54) is 28.7 Å². The van der Waals surface area contributed by atoms with Gasteiger partial charge in [0.15, 0.2) is 16.0 Å². The second-order valence-electron chi connectivity index (χ2n) is 5.86. The number of anilines is 1. The van der Waals surface area contributed by atoms with E-state index in [1.54, 1.807) is 48.3 Å². The van der Waals surface area contributed by atoms with Gasteiger partial charge in [0.1, 0.15) is 5.69 Å². The van der Waals surface area contributed by atoms with Gasteiger partial charge in [-0.3, -0.25) is 20.2 Å². The molecule has 0 aliphatic carbocycles. The number of nitrogens with zero attached hydrogens (tertiary/aromatic N) is 5. The molecule has 0 atom stereocenters. The number of hydrogen-bond acceptors (Lipinski definition) is 9. The Labute approximate surface area is 172 Å². The molecule has 1 amide bonds. The molecular formula is C18H12N6O3S2. The van der Waals surface area contributed by atoms with Crippen molar-refractivity contribution in [1.82, 2.24) is 19.9 Å². The van der Waals surface area contributed by atoms with E-state index in [1.807, 2.05) is 0 Å². The van der Waals surface area contributed by atoms with Crippen molar-refractivity contribution in [2.45, 2.75) is 6.92 Å². The standard InChI is InChI=1S/C18H12N6O3S2/c1-10-3-4-11(7-14(10)24(26)27)12-8-29-18(22-12)23-16(25)13-9-28-17(21-13)15-19-5-2-6-20-15/h2-9H,1H3,(H,22,23,25). The zero-order valence-corrected chi connectivity index (χ0v) is 16.5. The summed E-state index contributed by atoms with van der Waals surface area (Å²) in [4.78, 5) is 40.0. The van der Waals surface area contributed by atoms with Crippen LogP contribution in [-0.2, 0) is 0 Å². The van der Waals surface area contributed by atoms with E-state index in [4.69, 9.17) is 0 Å². The normalized spacial score (nSPS) is 10.7. The predicted molar refractivity (Wildman–Crippen MR) is 110 cm³/mol. The van der Waals surface area contributed by atoms with Crippen LogP contribution in [0.1, 0.15) is 16.1 Å². The Morgan fingerprint density at radius 1 is 1.14 bits per heavy atom. The average Bonchev–Trinajstić information content (AvgIpc) is 3.39. The molecule has 0 unspecified atom stereocenters. The van der Waals surface area contributed by atoms with Gasteiger partial charge in [0.05, 0.1) is 10.6 Å². The Kier molecular flexibility index (Phi) is 5.06. The molecule has 0 fully saturated rings. The lowest BCUT2D eigenvalue weighted by molar-refractivity contribution is -0.385. The Bertz CT molecular complexity index is 1210. The van der Waals surface area contributed by atoms with Gasteiger partial charge in [0, 0.05) is 40.3 Å². The number of rotatable bonds is 5. The lowest BCUT2D eigenvalue weighted by Crippen LogP contribution is -2.12. The zero-order chi connectivity index (χ0) is 20.4. The highest BCUT2D eigenvalue weighted by Crippen LogP contribution is 2.29. The number of nitro benzene ring substituents is 1. The summed E-state index contributed by atoms with van der Waals surface area (Å²) in [6, 6.07) is 6.61. The molecule has 0 saturated heterocycles. The number of hydrogen-bond donors (Lipinski definition) is 1. The molecule has 11 heteroatoms. The number of amides is 1. The summed E-state index contributed by atoms with van der Waals surface area (Å²) in [6.45, 7) is 1.68. The van der Waals surface area contributed by atoms with Gasteiger partial charge in [0.25, 0.3) is 11.6 Å². The molecule has 1 aromatic carbocycles. The van der Waals surface area contributed by atoms with E-state index < -0.39 is 10.8 Å². The first kappa shape index (κ1) is 18.8. The maximum atomic E-state index is 12.5. The van der Waals surface area contributed by atoms with E-state index in [0.717, 1.165) is 0 Å². The number of carbonyl (C=O) groups is 1. The summed E-state index contributed by atoms with van der Waals surface area (Å²) < 4.78 is 0. The Morgan fingerprint density at radius 2 is 1.93 bits per heavy atom. The van der Waals surface area contributed by atoms with E-state index in [-0.39, 0.29) is 11.4 Å². The smallest absolute Gasteiger partial charge is 0.276 e. The number of nitro groups is 1. The molecule has 3 aromatic heterocycles. The molecule has 4 rings (SSSR count). The summed E-state index contributed by atoms with van der Waals surface area (Å²) in [7, 11) is 0. The van der Waals surface area contributed by atoms with Crippen molar-refractivity contribution in [3.63, 3.8) is 0 Å². The largest absolute Gasteiger partial charge is 0.296 e. The Morgan fingerprint density at radius 3 is 2.69 bits per heavy atom. The fourth-order valence-corrected chi connectivity index (χ4v) is 3.94. The van der Waals surface area contributed by atoms with Crippen LogP contribution in [0.15, 0.2) is 47.4 Å². The molecule has 0 saturated carbocycles. The number of thiazole rings is 2. The van der Waals surface area contributed by atoms with E-state index in [9.17, 15) is 14.9 Å². The van der Waals surface area contributed by atoms with Crippen molar-refractivity contribution >= 4 is 39.4 Å². The van der Waals surface area contributed by atoms with Crippen molar-refractivity contribution in [1.29, 1.82) is 0 Å². The molecule has 144 valence electrons. The summed E-state index contributed by atoms with van der Waals surface area (Å²) >= 11 is 2.50. The summed E-state index contributed by atoms with van der Waals surface area (Å²) in [5, 5.41) is 18.1. The first-order valence-electron chi connectivity index (χ1n) is 8.26. The van der Waals surface area contributed by atoms with Crippen molar-refractivity contribution in [3.05, 3.63) is 68.8 Å². The van der Waals surface area contributed by atoms with Crippen LogP contribution in [0.25, 0.3) is 22.1 Å². The first-order chi connectivity index (χ1) is 14.0. The van der Waals surface area contributed by atoms with Gasteiger partial charge in [-0.05, 0) is 13.0 Å². The second kappa shape index (κ2) is 7.81. The molecule has 0 bridgehead atoms. The third kappa shape index (κ3) is 4.00. The number of aryl methyl sites for hydroxylation is 1. The summed E-state index contributed by atoms with van der Waals surface area (Å²) in [6.07, 6.45) is 3.21. The number of benzene rings is 1. The maximum absolute atomic E-state index is 12.5. The van der Waals surface area contributed by atoms with Gasteiger partial charge < -0.3 is 0 Å². The summed E-state index contributed by atoms with van der Waals surface area (Å²) in [5.74, 6) is 0.0493. The van der Waals surface area contributed by atoms with Crippen LogP contribution in [0.2, 0.25) is 0 Å². The highest BCUT2D eigenvalue weighted by molar-refractivity contribution is 7.14. The van der Waals surface area contributed by atoms with Crippen LogP contribution in [-0.4, -0.2) is 30.8 Å². The number of carbonyl (C=O) groups excluding carboxylic acids is 1. The predicted octanol–water partition coefficient (Wildman–Crippen LogP) is 4.19. The highest BCUT2D eigenvalue weighted by atomic mass is 32.1. The van der Waals surface area contributed by atoms with Crippen molar-refractivity contribution in [2.24, 2.45) is 0 Å². The van der Waals surface area contributed by atoms with E-state index in [0.29, 0.717) is 32.8 Å². The third-order valence-corrected chi connectivity index (χ3v) is 5.52. The van der Waals surface area contributed by atoms with Gasteiger partial charge >= 0.3 is 0 Å². The van der Waals surface area contributed by atoms with E-state index >= 15 is 0 Å². The van der Waals surface area contributed by atoms with Crippen molar-refractivity contribution < 1.29 is 9.72 Å². The van der Waals surface area contributed by atoms with Gasteiger partial charge in [0.2, 0.25) is 0 Å². The molecule has 0 aliphatic rings. The average molecular weight is 424 g/mol. The fraction of sp³-hybridized carbons (Fsp3) is 0.0556. The maximum Gasteiger partial charge on any atom is 0.276 e. The van der Waals surface area contributed by atoms with Crippen molar-refractivity contribution in [2.75, 3.05) is 5.32 Å². The zero-order valence-electron chi connectivity index (χ0n) is 14.9. The molecule has 0 radical (unpaired) electrons. The molecule has 1 N–H and O–H groups in total. The molecular weight excluding hydrogens is 412 g/mol. The minimum Gasteiger partial charge on any atom is -0.296 e. The van der Waals surface area contributed by atoms with Crippen LogP contribution in [0.3, 0.4) is 0 Å². The van der Waals surface area contributed by atoms with Crippen molar-refractivity contribution in [3.8, 4) is 22.1 Å². The molecule has 4 aromatic rings. The van der Waals surface area contributed by atoms with Crippen LogP contribution in [0, 0.1) is 17.0 Å². The monoisotopic (exact) mass is 424 g/mol. The van der Waals surface area contributed by atoms with E-state index in [2.05, 4.69) is 25.3 Å². The molecule has 29 heavy (non-hydrogen) atoms. The lowest BCUT2D eigenvalue weighted by Gasteiger charge is -2.01. The van der Waals surface area contributed by atoms with Gasteiger partial charge in [-0.1, -0.05) is 12.1 Å². The molecule has 3 heterocycles. The Hall–Kier alpha value is -3.57. The molecule has 0 spiro atoms. The minimum atomic E-state index is -0.426. The highest BCUT2D eigenvalue weighted by Gasteiger charge is 2.17. The first-order valence-corrected chi connectivity index (χ1v) is 10.0. The van der Waals surface area contributed by atoms with Gasteiger partial charge in [-0.2, -0.15) is 0 Å². The quantitative estimate of drug-likeness (QED) is 0.376. The van der Waals surface area contributed by atoms with Crippen LogP contribution < -0.4 is 5.32 Å². The lowest BCUT2D eigenvalue weighted by atomic mass is 10.1.